The maximum absolute atomic E-state index is 11.1. The van der Waals surface area contributed by atoms with E-state index in [4.69, 9.17) is 5.11 Å². The second-order valence-corrected chi connectivity index (χ2v) is 4.12. The van der Waals surface area contributed by atoms with Crippen molar-refractivity contribution in [1.82, 2.24) is 5.32 Å². The molecule has 1 aliphatic carbocycles. The summed E-state index contributed by atoms with van der Waals surface area (Å²) in [6.07, 6.45) is -0.228. The number of ether oxygens (including phenoxy) is 1. The van der Waals surface area contributed by atoms with Gasteiger partial charge in [0.1, 0.15) is 5.54 Å². The average molecular weight is 201 g/mol. The van der Waals surface area contributed by atoms with Crippen LogP contribution in [0.5, 0.6) is 0 Å². The van der Waals surface area contributed by atoms with Crippen LogP contribution >= 0.6 is 0 Å². The van der Waals surface area contributed by atoms with Crippen LogP contribution in [0, 0.1) is 5.41 Å². The first kappa shape index (κ1) is 10.8. The monoisotopic (exact) mass is 201 g/mol. The number of carbonyl (C=O) groups is 2. The van der Waals surface area contributed by atoms with Gasteiger partial charge in [0, 0.05) is 5.41 Å². The lowest BCUT2D eigenvalue weighted by atomic mass is 10.1. The number of carbonyl (C=O) groups excluding carboxylic acids is 1. The van der Waals surface area contributed by atoms with E-state index in [1.54, 1.807) is 20.8 Å². The Hall–Kier alpha value is -1.26. The zero-order valence-electron chi connectivity index (χ0n) is 8.59. The van der Waals surface area contributed by atoms with Gasteiger partial charge < -0.3 is 15.2 Å². The summed E-state index contributed by atoms with van der Waals surface area (Å²) in [5, 5.41) is 11.4. The van der Waals surface area contributed by atoms with Crippen LogP contribution in [0.3, 0.4) is 0 Å². The molecule has 1 rings (SSSR count). The molecular weight excluding hydrogens is 186 g/mol. The van der Waals surface area contributed by atoms with Gasteiger partial charge in [-0.1, -0.05) is 13.8 Å². The number of rotatable bonds is 3. The average Bonchev–Trinajstić information content (AvgIpc) is 2.54. The second kappa shape index (κ2) is 3.15. The van der Waals surface area contributed by atoms with E-state index in [-0.39, 0.29) is 6.61 Å². The first-order chi connectivity index (χ1) is 6.35. The van der Waals surface area contributed by atoms with Gasteiger partial charge in [-0.05, 0) is 13.3 Å². The van der Waals surface area contributed by atoms with Crippen LogP contribution in [0.4, 0.5) is 4.79 Å². The predicted molar refractivity (Wildman–Crippen MR) is 48.9 cm³/mol. The molecule has 0 aromatic carbocycles. The zero-order valence-corrected chi connectivity index (χ0v) is 8.59. The van der Waals surface area contributed by atoms with Gasteiger partial charge in [-0.15, -0.1) is 0 Å². The first-order valence-corrected chi connectivity index (χ1v) is 4.54. The van der Waals surface area contributed by atoms with Crippen molar-refractivity contribution in [3.05, 3.63) is 0 Å². The number of amides is 1. The van der Waals surface area contributed by atoms with Crippen LogP contribution in [0.25, 0.3) is 0 Å². The molecule has 5 nitrogen and oxygen atoms in total. The predicted octanol–water partition coefficient (Wildman–Crippen LogP) is 0.986. The molecule has 2 N–H and O–H groups in total. The minimum absolute atomic E-state index is 0.238. The van der Waals surface area contributed by atoms with E-state index >= 15 is 0 Å². The molecule has 1 atom stereocenters. The Morgan fingerprint density at radius 1 is 1.50 bits per heavy atom. The number of alkyl carbamates (subject to hydrolysis) is 1. The van der Waals surface area contributed by atoms with E-state index < -0.39 is 23.0 Å². The van der Waals surface area contributed by atoms with Crippen LogP contribution < -0.4 is 5.32 Å². The van der Waals surface area contributed by atoms with E-state index in [2.05, 4.69) is 10.1 Å². The fourth-order valence-corrected chi connectivity index (χ4v) is 1.59. The van der Waals surface area contributed by atoms with Crippen molar-refractivity contribution in [2.45, 2.75) is 32.7 Å². The molecule has 1 fully saturated rings. The number of carboxylic acids is 1. The summed E-state index contributed by atoms with van der Waals surface area (Å²) >= 11 is 0. The van der Waals surface area contributed by atoms with Crippen LogP contribution in [0.15, 0.2) is 0 Å². The minimum atomic E-state index is -1.14. The lowest BCUT2D eigenvalue weighted by Gasteiger charge is -2.16. The number of hydrogen-bond donors (Lipinski definition) is 2. The topological polar surface area (TPSA) is 75.6 Å². The van der Waals surface area contributed by atoms with Gasteiger partial charge in [-0.25, -0.2) is 9.59 Å². The largest absolute Gasteiger partial charge is 0.479 e. The smallest absolute Gasteiger partial charge is 0.408 e. The lowest BCUT2D eigenvalue weighted by molar-refractivity contribution is -0.141. The Kier molecular flexibility index (Phi) is 2.43. The van der Waals surface area contributed by atoms with Crippen molar-refractivity contribution < 1.29 is 19.4 Å². The third-order valence-corrected chi connectivity index (χ3v) is 2.69. The minimum Gasteiger partial charge on any atom is -0.479 e. The third kappa shape index (κ3) is 1.54. The van der Waals surface area contributed by atoms with Crippen LogP contribution in [0.1, 0.15) is 27.2 Å². The van der Waals surface area contributed by atoms with E-state index in [1.807, 2.05) is 0 Å². The van der Waals surface area contributed by atoms with E-state index in [9.17, 15) is 9.59 Å². The summed E-state index contributed by atoms with van der Waals surface area (Å²) in [5.74, 6) is -1.00. The molecule has 14 heavy (non-hydrogen) atoms. The molecule has 1 unspecified atom stereocenters. The summed E-state index contributed by atoms with van der Waals surface area (Å²) < 4.78 is 4.65. The van der Waals surface area contributed by atoms with E-state index in [0.717, 1.165) is 0 Å². The summed E-state index contributed by atoms with van der Waals surface area (Å²) in [6, 6.07) is 0. The van der Waals surface area contributed by atoms with Crippen LogP contribution in [-0.4, -0.2) is 29.3 Å². The Bertz CT molecular complexity index is 274. The van der Waals surface area contributed by atoms with Crippen molar-refractivity contribution in [1.29, 1.82) is 0 Å². The highest BCUT2D eigenvalue weighted by molar-refractivity contribution is 5.89. The van der Waals surface area contributed by atoms with Crippen LogP contribution in [-0.2, 0) is 9.53 Å². The third-order valence-electron chi connectivity index (χ3n) is 2.69. The molecule has 5 heteroatoms. The van der Waals surface area contributed by atoms with Gasteiger partial charge in [0.25, 0.3) is 0 Å². The molecule has 0 aliphatic heterocycles. The molecular formula is C9H15NO4. The number of carboxylic acid groups (broad SMARTS) is 1. The number of hydrogen-bond acceptors (Lipinski definition) is 3. The van der Waals surface area contributed by atoms with Crippen LogP contribution in [0.2, 0.25) is 0 Å². The fourth-order valence-electron chi connectivity index (χ4n) is 1.59. The molecule has 1 amide bonds. The summed E-state index contributed by atoms with van der Waals surface area (Å²) in [7, 11) is 0. The van der Waals surface area contributed by atoms with Gasteiger partial charge in [-0.3, -0.25) is 0 Å². The van der Waals surface area contributed by atoms with Gasteiger partial charge in [0.2, 0.25) is 0 Å². The molecule has 1 aliphatic rings. The lowest BCUT2D eigenvalue weighted by Crippen LogP contribution is -2.46. The van der Waals surface area contributed by atoms with E-state index in [1.165, 1.54) is 0 Å². The molecule has 0 bridgehead atoms. The van der Waals surface area contributed by atoms with E-state index in [0.29, 0.717) is 6.42 Å². The number of aliphatic carboxylic acids is 1. The van der Waals surface area contributed by atoms with Gasteiger partial charge >= 0.3 is 12.1 Å². The Balaban J connectivity index is 2.66. The summed E-state index contributed by atoms with van der Waals surface area (Å²) in [5.41, 5.74) is -1.54. The summed E-state index contributed by atoms with van der Waals surface area (Å²) in [6.45, 7) is 5.51. The molecule has 0 aromatic rings. The molecule has 1 saturated carbocycles. The quantitative estimate of drug-likeness (QED) is 0.713. The Labute approximate surface area is 82.4 Å². The van der Waals surface area contributed by atoms with Crippen molar-refractivity contribution in [2.75, 3.05) is 6.61 Å². The highest BCUT2D eigenvalue weighted by atomic mass is 16.5. The first-order valence-electron chi connectivity index (χ1n) is 4.54. The van der Waals surface area contributed by atoms with Gasteiger partial charge in [-0.2, -0.15) is 0 Å². The molecule has 0 radical (unpaired) electrons. The highest BCUT2D eigenvalue weighted by Gasteiger charge is 2.68. The summed E-state index contributed by atoms with van der Waals surface area (Å²) in [4.78, 5) is 22.1. The Morgan fingerprint density at radius 3 is 2.29 bits per heavy atom. The van der Waals surface area contributed by atoms with Crippen molar-refractivity contribution in [3.8, 4) is 0 Å². The maximum Gasteiger partial charge on any atom is 0.408 e. The second-order valence-electron chi connectivity index (χ2n) is 4.12. The van der Waals surface area contributed by atoms with Crippen molar-refractivity contribution in [2.24, 2.45) is 5.41 Å². The zero-order chi connectivity index (χ0) is 11.0. The normalized spacial score (nSPS) is 27.9. The molecule has 80 valence electrons. The molecule has 0 heterocycles. The standard InChI is InChI=1S/C9H15NO4/c1-4-14-7(13)10-9(6(11)12)5-8(9,2)3/h4-5H2,1-3H3,(H,10,13)(H,11,12). The number of nitrogens with one attached hydrogen (secondary N) is 1. The van der Waals surface area contributed by atoms with Crippen molar-refractivity contribution in [3.63, 3.8) is 0 Å². The molecule has 0 saturated heterocycles. The highest BCUT2D eigenvalue weighted by Crippen LogP contribution is 2.55. The van der Waals surface area contributed by atoms with Crippen molar-refractivity contribution >= 4 is 12.1 Å². The van der Waals surface area contributed by atoms with Gasteiger partial charge in [0.05, 0.1) is 6.61 Å². The molecule has 0 aromatic heterocycles. The van der Waals surface area contributed by atoms with Gasteiger partial charge in [0.15, 0.2) is 0 Å². The fraction of sp³-hybridized carbons (Fsp3) is 0.778. The SMILES string of the molecule is CCOC(=O)NC1(C(=O)O)CC1(C)C. The Morgan fingerprint density at radius 2 is 2.00 bits per heavy atom. The molecule has 0 spiro atoms. The maximum atomic E-state index is 11.1.